The van der Waals surface area contributed by atoms with Gasteiger partial charge in [0, 0.05) is 0 Å². The third-order valence-electron chi connectivity index (χ3n) is 6.67. The highest BCUT2D eigenvalue weighted by Gasteiger charge is 2.33. The molecule has 0 spiro atoms. The molecule has 0 fully saturated rings. The van der Waals surface area contributed by atoms with Gasteiger partial charge in [-0.1, -0.05) is 132 Å². The minimum Gasteiger partial charge on any atom is -0.0654 e. The Morgan fingerprint density at radius 1 is 0.556 bits per heavy atom. The molecule has 0 unspecified atom stereocenters. The van der Waals surface area contributed by atoms with Crippen molar-refractivity contribution < 1.29 is 0 Å². The first-order valence-electron chi connectivity index (χ1n) is 12.8. The third kappa shape index (κ3) is 13.0. The van der Waals surface area contributed by atoms with E-state index < -0.39 is 0 Å². The van der Waals surface area contributed by atoms with Gasteiger partial charge in [-0.25, -0.2) is 0 Å². The highest BCUT2D eigenvalue weighted by molar-refractivity contribution is 4.84. The minimum atomic E-state index is 0.492. The molecule has 0 amide bonds. The smallest absolute Gasteiger partial charge is 0.0349 e. The molecule has 0 aromatic heterocycles. The second-order valence-corrected chi connectivity index (χ2v) is 10.7. The van der Waals surface area contributed by atoms with Crippen molar-refractivity contribution in [1.29, 1.82) is 0 Å². The molecule has 0 atom stereocenters. The van der Waals surface area contributed by atoms with E-state index in [1.165, 1.54) is 89.9 Å². The number of unbranched alkanes of at least 4 members (excludes halogenated alkanes) is 4. The van der Waals surface area contributed by atoms with Crippen molar-refractivity contribution in [3.05, 3.63) is 0 Å². The van der Waals surface area contributed by atoms with E-state index in [2.05, 4.69) is 55.4 Å². The summed E-state index contributed by atoms with van der Waals surface area (Å²) < 4.78 is 0. The van der Waals surface area contributed by atoms with Gasteiger partial charge in [-0.05, 0) is 41.9 Å². The van der Waals surface area contributed by atoms with Gasteiger partial charge in [0.15, 0.2) is 0 Å². The van der Waals surface area contributed by atoms with Crippen molar-refractivity contribution in [2.75, 3.05) is 0 Å². The second kappa shape index (κ2) is 15.9. The fourth-order valence-corrected chi connectivity index (χ4v) is 5.56. The molecule has 0 N–H and O–H groups in total. The van der Waals surface area contributed by atoms with Crippen LogP contribution in [0.2, 0.25) is 0 Å². The van der Waals surface area contributed by atoms with Crippen LogP contribution in [0.3, 0.4) is 0 Å². The van der Waals surface area contributed by atoms with E-state index in [1.54, 1.807) is 0 Å². The lowest BCUT2D eigenvalue weighted by molar-refractivity contribution is 0.101. The third-order valence-corrected chi connectivity index (χ3v) is 6.67. The van der Waals surface area contributed by atoms with Crippen LogP contribution in [0.25, 0.3) is 0 Å². The molecule has 0 aliphatic rings. The molecule has 0 aliphatic heterocycles. The lowest BCUT2D eigenvalue weighted by atomic mass is 9.65. The summed E-state index contributed by atoms with van der Waals surface area (Å²) in [5.41, 5.74) is 0.492. The van der Waals surface area contributed by atoms with Gasteiger partial charge >= 0.3 is 0 Å². The molecule has 27 heavy (non-hydrogen) atoms. The van der Waals surface area contributed by atoms with Crippen molar-refractivity contribution in [2.24, 2.45) is 29.1 Å². The molecule has 0 radical (unpaired) electrons. The Hall–Kier alpha value is 0. The van der Waals surface area contributed by atoms with Crippen LogP contribution in [-0.4, -0.2) is 0 Å². The molecule has 0 saturated heterocycles. The van der Waals surface area contributed by atoms with Crippen molar-refractivity contribution >= 4 is 0 Å². The molecule has 0 bridgehead atoms. The topological polar surface area (TPSA) is 0 Å². The molecule has 0 heterocycles. The van der Waals surface area contributed by atoms with Crippen molar-refractivity contribution in [1.82, 2.24) is 0 Å². The summed E-state index contributed by atoms with van der Waals surface area (Å²) in [6, 6.07) is 0. The minimum absolute atomic E-state index is 0.492. The first-order valence-corrected chi connectivity index (χ1v) is 12.8. The summed E-state index contributed by atoms with van der Waals surface area (Å²) in [5.74, 6) is 3.70. The maximum absolute atomic E-state index is 2.56. The summed E-state index contributed by atoms with van der Waals surface area (Å²) in [6.07, 6.45) is 19.9. The Bertz CT molecular complexity index is 278. The lowest BCUT2D eigenvalue weighted by Gasteiger charge is -2.40. The second-order valence-electron chi connectivity index (χ2n) is 10.7. The van der Waals surface area contributed by atoms with E-state index in [0.717, 1.165) is 23.7 Å². The Morgan fingerprint density at radius 2 is 0.889 bits per heavy atom. The molecular weight excluding hydrogens is 324 g/mol. The van der Waals surface area contributed by atoms with E-state index in [4.69, 9.17) is 0 Å². The van der Waals surface area contributed by atoms with Gasteiger partial charge in [0.05, 0.1) is 0 Å². The highest BCUT2D eigenvalue weighted by atomic mass is 14.4. The Kier molecular flexibility index (Phi) is 15.9. The van der Waals surface area contributed by atoms with Crippen LogP contribution in [0, 0.1) is 29.1 Å². The van der Waals surface area contributed by atoms with Gasteiger partial charge in [-0.15, -0.1) is 0 Å². The summed E-state index contributed by atoms with van der Waals surface area (Å²) in [4.78, 5) is 0. The van der Waals surface area contributed by atoms with Crippen LogP contribution >= 0.6 is 0 Å². The fraction of sp³-hybridized carbons (Fsp3) is 1.00. The van der Waals surface area contributed by atoms with E-state index in [-0.39, 0.29) is 0 Å². The summed E-state index contributed by atoms with van der Waals surface area (Å²) in [6.45, 7) is 19.4. The van der Waals surface area contributed by atoms with Gasteiger partial charge in [-0.3, -0.25) is 0 Å². The van der Waals surface area contributed by atoms with Crippen LogP contribution in [0.15, 0.2) is 0 Å². The quantitative estimate of drug-likeness (QED) is 0.222. The van der Waals surface area contributed by atoms with Crippen molar-refractivity contribution in [2.45, 2.75) is 145 Å². The average Bonchev–Trinajstić information content (AvgIpc) is 2.59. The lowest BCUT2D eigenvalue weighted by Crippen LogP contribution is -2.30. The molecule has 0 heteroatoms. The van der Waals surface area contributed by atoms with Gasteiger partial charge in [0.2, 0.25) is 0 Å². The molecular formula is C27H56. The van der Waals surface area contributed by atoms with Crippen LogP contribution in [0.5, 0.6) is 0 Å². The predicted molar refractivity (Wildman–Crippen MR) is 126 cm³/mol. The largest absolute Gasteiger partial charge is 0.0654 e. The number of hydrogen-bond acceptors (Lipinski definition) is 0. The van der Waals surface area contributed by atoms with E-state index >= 15 is 0 Å². The molecule has 0 aromatic rings. The maximum atomic E-state index is 2.56. The van der Waals surface area contributed by atoms with Crippen molar-refractivity contribution in [3.63, 3.8) is 0 Å². The first-order chi connectivity index (χ1) is 12.8. The zero-order valence-corrected chi connectivity index (χ0v) is 20.7. The molecule has 164 valence electrons. The maximum Gasteiger partial charge on any atom is -0.0349 e. The van der Waals surface area contributed by atoms with Crippen LogP contribution in [0.4, 0.5) is 0 Å². The molecule has 0 aromatic carbocycles. The SMILES string of the molecule is CCCCC(CCCC)C(CC(C)(C)CC(C)C)C(CCCC)CCCC. The Labute approximate surface area is 174 Å². The standard InChI is InChI=1S/C27H56/c1-9-13-17-24(18-14-10-2)26(22-27(7,8)21-23(5)6)25(19-15-11-3)20-16-12-4/h23-26H,9-22H2,1-8H3. The Morgan fingerprint density at radius 3 is 1.15 bits per heavy atom. The van der Waals surface area contributed by atoms with E-state index in [9.17, 15) is 0 Å². The number of rotatable bonds is 18. The van der Waals surface area contributed by atoms with E-state index in [1.807, 2.05) is 0 Å². The first kappa shape index (κ1) is 27.0. The van der Waals surface area contributed by atoms with Gasteiger partial charge in [-0.2, -0.15) is 0 Å². The predicted octanol–water partition coefficient (Wildman–Crippen LogP) is 10.1. The average molecular weight is 381 g/mol. The normalized spacial score (nSPS) is 12.9. The van der Waals surface area contributed by atoms with Crippen LogP contribution in [0.1, 0.15) is 145 Å². The Balaban J connectivity index is 5.52. The summed E-state index contributed by atoms with van der Waals surface area (Å²) in [7, 11) is 0. The van der Waals surface area contributed by atoms with Gasteiger partial charge in [0.1, 0.15) is 0 Å². The van der Waals surface area contributed by atoms with E-state index in [0.29, 0.717) is 5.41 Å². The zero-order valence-electron chi connectivity index (χ0n) is 20.7. The van der Waals surface area contributed by atoms with Gasteiger partial charge < -0.3 is 0 Å². The molecule has 0 aliphatic carbocycles. The summed E-state index contributed by atoms with van der Waals surface area (Å²) in [5, 5.41) is 0. The fourth-order valence-electron chi connectivity index (χ4n) is 5.56. The van der Waals surface area contributed by atoms with Gasteiger partial charge in [0.25, 0.3) is 0 Å². The highest BCUT2D eigenvalue weighted by Crippen LogP contribution is 2.44. The van der Waals surface area contributed by atoms with Crippen molar-refractivity contribution in [3.8, 4) is 0 Å². The van der Waals surface area contributed by atoms with Crippen LogP contribution < -0.4 is 0 Å². The summed E-state index contributed by atoms with van der Waals surface area (Å²) >= 11 is 0. The monoisotopic (exact) mass is 380 g/mol. The molecule has 0 rings (SSSR count). The number of hydrogen-bond donors (Lipinski definition) is 0. The zero-order chi connectivity index (χ0) is 20.7. The van der Waals surface area contributed by atoms with Crippen LogP contribution in [-0.2, 0) is 0 Å². The molecule has 0 nitrogen and oxygen atoms in total. The molecule has 0 saturated carbocycles.